The number of nitrogens with zero attached hydrogens (tertiary/aromatic N) is 4. The predicted octanol–water partition coefficient (Wildman–Crippen LogP) is 2.59. The molecule has 178 valence electrons. The summed E-state index contributed by atoms with van der Waals surface area (Å²) in [7, 11) is 0. The Morgan fingerprint density at radius 3 is 2.76 bits per heavy atom. The molecule has 1 aromatic heterocycles. The van der Waals surface area contributed by atoms with E-state index in [2.05, 4.69) is 20.0 Å². The van der Waals surface area contributed by atoms with E-state index in [9.17, 15) is 9.50 Å². The van der Waals surface area contributed by atoms with Crippen LogP contribution in [0.1, 0.15) is 43.6 Å². The molecule has 0 unspecified atom stereocenters. The smallest absolute Gasteiger partial charge is 0.318 e. The average molecular weight is 459 g/mol. The molecule has 1 atom stereocenters. The number of benzene rings is 1. The van der Waals surface area contributed by atoms with Gasteiger partial charge in [-0.15, -0.1) is 5.10 Å². The highest BCUT2D eigenvalue weighted by Crippen LogP contribution is 2.42. The first-order chi connectivity index (χ1) is 16.1. The van der Waals surface area contributed by atoms with Gasteiger partial charge < -0.3 is 23.9 Å². The maximum Gasteiger partial charge on any atom is 0.318 e. The lowest BCUT2D eigenvalue weighted by Gasteiger charge is -2.46. The standard InChI is InChI=1S/C24H31FN4O4/c25-18-1-2-22(33-20-7-16(8-20)11-30)21(9-18)17-3-5-28(6-4-17)19-10-24(32-12-19)13-29(14-24)23-27-26-15-31-23/h1-2,9,15-17,19-20,30H,3-8,10-14H2/t16-,19-,20-/m0/s1. The van der Waals surface area contributed by atoms with Gasteiger partial charge in [0, 0.05) is 18.2 Å². The van der Waals surface area contributed by atoms with Gasteiger partial charge in [-0.2, -0.15) is 0 Å². The molecular formula is C24H31FN4O4. The van der Waals surface area contributed by atoms with Gasteiger partial charge in [0.1, 0.15) is 17.2 Å². The number of aromatic nitrogens is 2. The van der Waals surface area contributed by atoms with Gasteiger partial charge in [-0.05, 0) is 75.2 Å². The van der Waals surface area contributed by atoms with E-state index in [0.29, 0.717) is 23.9 Å². The van der Waals surface area contributed by atoms with Crippen molar-refractivity contribution in [2.75, 3.05) is 44.3 Å². The van der Waals surface area contributed by atoms with Crippen LogP contribution < -0.4 is 9.64 Å². The van der Waals surface area contributed by atoms with E-state index < -0.39 is 0 Å². The number of hydrogen-bond donors (Lipinski definition) is 1. The number of hydrogen-bond acceptors (Lipinski definition) is 8. The van der Waals surface area contributed by atoms with Gasteiger partial charge in [-0.1, -0.05) is 5.10 Å². The molecule has 8 nitrogen and oxygen atoms in total. The summed E-state index contributed by atoms with van der Waals surface area (Å²) in [6, 6.07) is 5.91. The summed E-state index contributed by atoms with van der Waals surface area (Å²) in [6.07, 6.45) is 6.23. The van der Waals surface area contributed by atoms with Crippen LogP contribution in [0, 0.1) is 11.7 Å². The zero-order valence-electron chi connectivity index (χ0n) is 18.7. The lowest BCUT2D eigenvalue weighted by atomic mass is 9.82. The van der Waals surface area contributed by atoms with Gasteiger partial charge in [0.15, 0.2) is 0 Å². The summed E-state index contributed by atoms with van der Waals surface area (Å²) in [4.78, 5) is 4.61. The van der Waals surface area contributed by atoms with Crippen molar-refractivity contribution in [1.82, 2.24) is 15.1 Å². The fraction of sp³-hybridized carbons (Fsp3) is 0.667. The van der Waals surface area contributed by atoms with Crippen molar-refractivity contribution >= 4 is 6.01 Å². The van der Waals surface area contributed by atoms with E-state index in [1.54, 1.807) is 12.1 Å². The van der Waals surface area contributed by atoms with Crippen molar-refractivity contribution in [2.24, 2.45) is 5.92 Å². The zero-order chi connectivity index (χ0) is 22.4. The Morgan fingerprint density at radius 2 is 2.03 bits per heavy atom. The molecule has 1 spiro atoms. The van der Waals surface area contributed by atoms with Gasteiger partial charge >= 0.3 is 6.01 Å². The third-order valence-electron chi connectivity index (χ3n) is 7.97. The number of likely N-dealkylation sites (tertiary alicyclic amines) is 1. The second-order valence-corrected chi connectivity index (χ2v) is 10.2. The number of aliphatic hydroxyl groups excluding tert-OH is 1. The first-order valence-electron chi connectivity index (χ1n) is 12.1. The Labute approximate surface area is 192 Å². The minimum absolute atomic E-state index is 0.102. The minimum Gasteiger partial charge on any atom is -0.490 e. The highest BCUT2D eigenvalue weighted by atomic mass is 19.1. The molecule has 4 heterocycles. The monoisotopic (exact) mass is 458 g/mol. The Morgan fingerprint density at radius 1 is 1.21 bits per heavy atom. The molecule has 0 amide bonds. The van der Waals surface area contributed by atoms with Crippen molar-refractivity contribution in [3.05, 3.63) is 36.0 Å². The molecular weight excluding hydrogens is 427 g/mol. The Hall–Kier alpha value is -2.23. The van der Waals surface area contributed by atoms with Crippen molar-refractivity contribution in [3.63, 3.8) is 0 Å². The Bertz CT molecular complexity index is 953. The maximum absolute atomic E-state index is 14.1. The van der Waals surface area contributed by atoms with Crippen LogP contribution in [0.2, 0.25) is 0 Å². The van der Waals surface area contributed by atoms with Crippen LogP contribution in [-0.4, -0.2) is 77.3 Å². The van der Waals surface area contributed by atoms with Gasteiger partial charge in [-0.3, -0.25) is 4.90 Å². The van der Waals surface area contributed by atoms with Crippen LogP contribution in [0.25, 0.3) is 0 Å². The molecule has 3 aliphatic heterocycles. The molecule has 9 heteroatoms. The van der Waals surface area contributed by atoms with Gasteiger partial charge in [0.25, 0.3) is 0 Å². The van der Waals surface area contributed by atoms with Crippen LogP contribution in [-0.2, 0) is 4.74 Å². The van der Waals surface area contributed by atoms with Crippen LogP contribution in [0.4, 0.5) is 10.4 Å². The van der Waals surface area contributed by atoms with E-state index in [-0.39, 0.29) is 24.1 Å². The third kappa shape index (κ3) is 4.11. The number of rotatable bonds is 6. The molecule has 1 aromatic carbocycles. The molecule has 1 aliphatic carbocycles. The second-order valence-electron chi connectivity index (χ2n) is 10.2. The molecule has 4 aliphatic rings. The molecule has 33 heavy (non-hydrogen) atoms. The maximum atomic E-state index is 14.1. The highest BCUT2D eigenvalue weighted by molar-refractivity contribution is 5.38. The number of anilines is 1. The second kappa shape index (κ2) is 8.52. The first-order valence-corrected chi connectivity index (χ1v) is 12.1. The van der Waals surface area contributed by atoms with Crippen LogP contribution in [0.15, 0.2) is 29.0 Å². The summed E-state index contributed by atoms with van der Waals surface area (Å²) >= 11 is 0. The third-order valence-corrected chi connectivity index (χ3v) is 7.97. The minimum atomic E-state index is -0.205. The van der Waals surface area contributed by atoms with E-state index in [1.165, 1.54) is 12.5 Å². The van der Waals surface area contributed by atoms with Crippen molar-refractivity contribution in [1.29, 1.82) is 0 Å². The number of piperidine rings is 1. The highest BCUT2D eigenvalue weighted by Gasteiger charge is 2.52. The van der Waals surface area contributed by atoms with E-state index >= 15 is 0 Å². The SMILES string of the molecule is OC[C@H]1C[C@H](Oc2ccc(F)cc2C2CCN([C@@H]3COC4(C3)CN(c3nnco3)C4)CC2)C1. The first kappa shape index (κ1) is 21.3. The Balaban J connectivity index is 1.04. The number of ether oxygens (including phenoxy) is 2. The van der Waals surface area contributed by atoms with Crippen LogP contribution >= 0.6 is 0 Å². The molecule has 2 aromatic rings. The largest absolute Gasteiger partial charge is 0.490 e. The fourth-order valence-corrected chi connectivity index (χ4v) is 5.99. The topological polar surface area (TPSA) is 84.1 Å². The van der Waals surface area contributed by atoms with Crippen LogP contribution in [0.5, 0.6) is 5.75 Å². The summed E-state index contributed by atoms with van der Waals surface area (Å²) < 4.78 is 31.8. The quantitative estimate of drug-likeness (QED) is 0.707. The van der Waals surface area contributed by atoms with E-state index in [4.69, 9.17) is 13.9 Å². The van der Waals surface area contributed by atoms with Gasteiger partial charge in [0.05, 0.1) is 25.8 Å². The summed E-state index contributed by atoms with van der Waals surface area (Å²) in [5.41, 5.74) is 0.893. The molecule has 3 saturated heterocycles. The molecule has 6 rings (SSSR count). The fourth-order valence-electron chi connectivity index (χ4n) is 5.99. The summed E-state index contributed by atoms with van der Waals surface area (Å²) in [5, 5.41) is 17.0. The lowest BCUT2D eigenvalue weighted by Crippen LogP contribution is -2.62. The van der Waals surface area contributed by atoms with E-state index in [1.807, 2.05) is 0 Å². The molecule has 0 bridgehead atoms. The zero-order valence-corrected chi connectivity index (χ0v) is 18.7. The summed E-state index contributed by atoms with van der Waals surface area (Å²) in [6.45, 7) is 4.53. The number of halogens is 1. The molecule has 4 fully saturated rings. The lowest BCUT2D eigenvalue weighted by molar-refractivity contribution is -0.0216. The van der Waals surface area contributed by atoms with Crippen molar-refractivity contribution in [3.8, 4) is 5.75 Å². The van der Waals surface area contributed by atoms with Gasteiger partial charge in [0.2, 0.25) is 6.39 Å². The summed E-state index contributed by atoms with van der Waals surface area (Å²) in [5.74, 6) is 1.25. The average Bonchev–Trinajstić information content (AvgIpc) is 3.46. The Kier molecular flexibility index (Phi) is 5.50. The van der Waals surface area contributed by atoms with Gasteiger partial charge in [-0.25, -0.2) is 4.39 Å². The van der Waals surface area contributed by atoms with Crippen molar-refractivity contribution < 1.29 is 23.4 Å². The van der Waals surface area contributed by atoms with E-state index in [0.717, 1.165) is 76.2 Å². The molecule has 0 radical (unpaired) electrons. The van der Waals surface area contributed by atoms with Crippen molar-refractivity contribution in [2.45, 2.75) is 55.8 Å². The predicted molar refractivity (Wildman–Crippen MR) is 118 cm³/mol. The molecule has 1 saturated carbocycles. The normalized spacial score (nSPS) is 29.8. The number of aliphatic hydroxyl groups is 1. The van der Waals surface area contributed by atoms with Crippen LogP contribution in [0.3, 0.4) is 0 Å². The molecule has 1 N–H and O–H groups in total.